The van der Waals surface area contributed by atoms with Crippen LogP contribution < -0.4 is 5.32 Å². The van der Waals surface area contributed by atoms with E-state index in [1.807, 2.05) is 14.1 Å². The van der Waals surface area contributed by atoms with Gasteiger partial charge in [0.05, 0.1) is 36.8 Å². The molecule has 2 rings (SSSR count). The zero-order chi connectivity index (χ0) is 23.0. The third kappa shape index (κ3) is 7.75. The minimum atomic E-state index is -0.609. The van der Waals surface area contributed by atoms with Crippen LogP contribution in [-0.2, 0) is 14.3 Å². The Bertz CT molecular complexity index is 896. The number of anilines is 1. The van der Waals surface area contributed by atoms with Crippen LogP contribution in [0.25, 0.3) is 0 Å². The van der Waals surface area contributed by atoms with Gasteiger partial charge in [-0.25, -0.2) is 9.79 Å². The molecular formula is C22H29N5O4. The normalized spacial score (nSPS) is 16.9. The highest BCUT2D eigenvalue weighted by Crippen LogP contribution is 2.22. The van der Waals surface area contributed by atoms with Gasteiger partial charge in [-0.05, 0) is 39.0 Å². The fraction of sp³-hybridized carbons (Fsp3) is 0.455. The molecule has 1 aromatic rings. The van der Waals surface area contributed by atoms with Gasteiger partial charge in [0, 0.05) is 32.4 Å². The van der Waals surface area contributed by atoms with Crippen LogP contribution in [0.3, 0.4) is 0 Å². The summed E-state index contributed by atoms with van der Waals surface area (Å²) in [5.41, 5.74) is 0.718. The average Bonchev–Trinajstić information content (AvgIpc) is 2.70. The molecular weight excluding hydrogens is 398 g/mol. The Balaban J connectivity index is 2.05. The molecule has 1 atom stereocenters. The van der Waals surface area contributed by atoms with Gasteiger partial charge in [-0.3, -0.25) is 9.69 Å². The summed E-state index contributed by atoms with van der Waals surface area (Å²) in [5, 5.41) is 12.1. The first-order chi connectivity index (χ1) is 14.6. The van der Waals surface area contributed by atoms with Crippen molar-refractivity contribution in [2.45, 2.75) is 32.4 Å². The summed E-state index contributed by atoms with van der Waals surface area (Å²) in [6.45, 7) is 6.48. The number of nitriles is 1. The van der Waals surface area contributed by atoms with Crippen molar-refractivity contribution in [3.8, 4) is 6.07 Å². The zero-order valence-electron chi connectivity index (χ0n) is 18.6. The lowest BCUT2D eigenvalue weighted by Gasteiger charge is -2.35. The van der Waals surface area contributed by atoms with Crippen molar-refractivity contribution < 1.29 is 19.1 Å². The molecule has 166 valence electrons. The molecule has 2 amide bonds. The largest absolute Gasteiger partial charge is 0.444 e. The molecule has 1 aliphatic heterocycles. The monoisotopic (exact) mass is 427 g/mol. The Kier molecular flexibility index (Phi) is 8.16. The van der Waals surface area contributed by atoms with Gasteiger partial charge in [0.15, 0.2) is 0 Å². The molecule has 9 heteroatoms. The quantitative estimate of drug-likeness (QED) is 0.440. The Labute approximate surface area is 182 Å². The highest BCUT2D eigenvalue weighted by atomic mass is 16.6. The molecule has 0 saturated carbocycles. The predicted octanol–water partition coefficient (Wildman–Crippen LogP) is 2.91. The number of rotatable bonds is 5. The highest BCUT2D eigenvalue weighted by Gasteiger charge is 2.29. The molecule has 1 fully saturated rings. The Hall–Kier alpha value is -3.38. The Morgan fingerprint density at radius 3 is 2.77 bits per heavy atom. The van der Waals surface area contributed by atoms with E-state index in [-0.39, 0.29) is 12.5 Å². The molecule has 1 heterocycles. The molecule has 0 bridgehead atoms. The SMILES string of the molecule is CN(C)C=Nc1ccc(NC(=O)/C=C/C2COCCN2C(=O)OC(C)(C)C)cc1C#N. The molecule has 1 saturated heterocycles. The van der Waals surface area contributed by atoms with Gasteiger partial charge < -0.3 is 19.7 Å². The molecule has 1 aliphatic rings. The van der Waals surface area contributed by atoms with Crippen molar-refractivity contribution in [1.29, 1.82) is 5.26 Å². The standard InChI is InChI=1S/C22H29N5O4/c1-22(2,3)31-21(29)27-10-11-30-14-18(27)7-9-20(28)25-17-6-8-19(16(12-17)13-23)24-15-26(4)5/h6-9,12,15,18H,10-11,14H2,1-5H3,(H,25,28)/b9-7+,24-15?. The van der Waals surface area contributed by atoms with E-state index in [2.05, 4.69) is 16.4 Å². The number of amides is 2. The molecule has 0 spiro atoms. The van der Waals surface area contributed by atoms with Gasteiger partial charge in [-0.1, -0.05) is 6.08 Å². The van der Waals surface area contributed by atoms with Crippen LogP contribution in [0.2, 0.25) is 0 Å². The lowest BCUT2D eigenvalue weighted by Crippen LogP contribution is -2.49. The number of nitrogens with one attached hydrogen (secondary N) is 1. The molecule has 1 aromatic carbocycles. The van der Waals surface area contributed by atoms with Crippen LogP contribution in [0.15, 0.2) is 35.3 Å². The van der Waals surface area contributed by atoms with Crippen molar-refractivity contribution in [1.82, 2.24) is 9.80 Å². The minimum Gasteiger partial charge on any atom is -0.444 e. The van der Waals surface area contributed by atoms with E-state index >= 15 is 0 Å². The van der Waals surface area contributed by atoms with Crippen LogP contribution in [0.5, 0.6) is 0 Å². The van der Waals surface area contributed by atoms with Gasteiger partial charge in [0.2, 0.25) is 5.91 Å². The van der Waals surface area contributed by atoms with Gasteiger partial charge in [0.1, 0.15) is 11.7 Å². The van der Waals surface area contributed by atoms with Gasteiger partial charge in [0.25, 0.3) is 0 Å². The molecule has 1 N–H and O–H groups in total. The fourth-order valence-electron chi connectivity index (χ4n) is 2.71. The summed E-state index contributed by atoms with van der Waals surface area (Å²) >= 11 is 0. The van der Waals surface area contributed by atoms with Crippen molar-refractivity contribution in [3.63, 3.8) is 0 Å². The second-order valence-corrected chi connectivity index (χ2v) is 8.22. The maximum Gasteiger partial charge on any atom is 0.410 e. The molecule has 0 radical (unpaired) electrons. The second-order valence-electron chi connectivity index (χ2n) is 8.22. The summed E-state index contributed by atoms with van der Waals surface area (Å²) in [7, 11) is 3.66. The molecule has 0 aromatic heterocycles. The van der Waals surface area contributed by atoms with Crippen molar-refractivity contribution >= 4 is 29.7 Å². The maximum absolute atomic E-state index is 12.4. The summed E-state index contributed by atoms with van der Waals surface area (Å²) in [6, 6.07) is 6.56. The number of carbonyl (C=O) groups excluding carboxylic acids is 2. The van der Waals surface area contributed by atoms with Crippen LogP contribution >= 0.6 is 0 Å². The summed E-state index contributed by atoms with van der Waals surface area (Å²) in [5.74, 6) is -0.386. The fourth-order valence-corrected chi connectivity index (χ4v) is 2.71. The lowest BCUT2D eigenvalue weighted by molar-refractivity contribution is -0.112. The number of hydrogen-bond acceptors (Lipinski definition) is 6. The van der Waals surface area contributed by atoms with Crippen LogP contribution in [0.1, 0.15) is 26.3 Å². The highest BCUT2D eigenvalue weighted by molar-refractivity contribution is 5.99. The van der Waals surface area contributed by atoms with Crippen LogP contribution in [0.4, 0.5) is 16.2 Å². The Morgan fingerprint density at radius 1 is 1.39 bits per heavy atom. The van der Waals surface area contributed by atoms with E-state index in [9.17, 15) is 14.9 Å². The average molecular weight is 428 g/mol. The Morgan fingerprint density at radius 2 is 2.13 bits per heavy atom. The van der Waals surface area contributed by atoms with E-state index in [4.69, 9.17) is 9.47 Å². The van der Waals surface area contributed by atoms with Crippen LogP contribution in [0, 0.1) is 11.3 Å². The number of ether oxygens (including phenoxy) is 2. The second kappa shape index (κ2) is 10.6. The van der Waals surface area contributed by atoms with Gasteiger partial charge in [-0.2, -0.15) is 5.26 Å². The van der Waals surface area contributed by atoms with Gasteiger partial charge >= 0.3 is 6.09 Å². The van der Waals surface area contributed by atoms with E-state index in [1.54, 1.807) is 61.2 Å². The number of hydrogen-bond donors (Lipinski definition) is 1. The topological polar surface area (TPSA) is 107 Å². The summed E-state index contributed by atoms with van der Waals surface area (Å²) < 4.78 is 10.9. The molecule has 9 nitrogen and oxygen atoms in total. The van der Waals surface area contributed by atoms with Crippen molar-refractivity contribution in [2.75, 3.05) is 39.2 Å². The van der Waals surface area contributed by atoms with Gasteiger partial charge in [-0.15, -0.1) is 0 Å². The van der Waals surface area contributed by atoms with E-state index in [0.29, 0.717) is 30.1 Å². The minimum absolute atomic E-state index is 0.278. The number of benzene rings is 1. The first-order valence-corrected chi connectivity index (χ1v) is 9.90. The first kappa shape index (κ1) is 23.9. The molecule has 31 heavy (non-hydrogen) atoms. The van der Waals surface area contributed by atoms with Crippen LogP contribution in [-0.4, -0.2) is 73.6 Å². The van der Waals surface area contributed by atoms with Crippen molar-refractivity contribution in [3.05, 3.63) is 35.9 Å². The number of nitrogens with zero attached hydrogens (tertiary/aromatic N) is 4. The van der Waals surface area contributed by atoms with E-state index < -0.39 is 17.7 Å². The molecule has 0 aliphatic carbocycles. The van der Waals surface area contributed by atoms with E-state index in [0.717, 1.165) is 0 Å². The maximum atomic E-state index is 12.4. The first-order valence-electron chi connectivity index (χ1n) is 9.90. The molecule has 1 unspecified atom stereocenters. The number of carbonyl (C=O) groups is 2. The number of morpholine rings is 1. The summed E-state index contributed by atoms with van der Waals surface area (Å²) in [4.78, 5) is 32.3. The third-order valence-corrected chi connectivity index (χ3v) is 4.08. The third-order valence-electron chi connectivity index (χ3n) is 4.08. The number of aliphatic imine (C=N–C) groups is 1. The zero-order valence-corrected chi connectivity index (χ0v) is 18.6. The smallest absolute Gasteiger partial charge is 0.410 e. The lowest BCUT2D eigenvalue weighted by atomic mass is 10.1. The summed E-state index contributed by atoms with van der Waals surface area (Å²) in [6.07, 6.45) is 4.11. The van der Waals surface area contributed by atoms with E-state index in [1.165, 1.54) is 6.08 Å². The van der Waals surface area contributed by atoms with Crippen molar-refractivity contribution in [2.24, 2.45) is 4.99 Å². The predicted molar refractivity (Wildman–Crippen MR) is 118 cm³/mol.